The average molecular weight is 238 g/mol. The van der Waals surface area contributed by atoms with Crippen LogP contribution in [0.3, 0.4) is 0 Å². The first-order valence-corrected chi connectivity index (χ1v) is 7.80. The van der Waals surface area contributed by atoms with Gasteiger partial charge in [0.1, 0.15) is 0 Å². The molecule has 2 aliphatic rings. The largest absolute Gasteiger partial charge is 0.314 e. The van der Waals surface area contributed by atoms with Gasteiger partial charge in [-0.3, -0.25) is 4.90 Å². The molecule has 2 nitrogen and oxygen atoms in total. The molecule has 2 fully saturated rings. The zero-order chi connectivity index (χ0) is 12.1. The molecule has 2 heteroatoms. The van der Waals surface area contributed by atoms with Crippen molar-refractivity contribution in [3.8, 4) is 0 Å². The van der Waals surface area contributed by atoms with E-state index >= 15 is 0 Å². The first-order valence-electron chi connectivity index (χ1n) is 7.80. The molecule has 0 radical (unpaired) electrons. The van der Waals surface area contributed by atoms with Gasteiger partial charge in [0.25, 0.3) is 0 Å². The quantitative estimate of drug-likeness (QED) is 0.809. The molecule has 0 aromatic carbocycles. The minimum atomic E-state index is 0.801. The Kier molecular flexibility index (Phi) is 5.30. The lowest BCUT2D eigenvalue weighted by Gasteiger charge is -2.33. The molecule has 0 aromatic heterocycles. The summed E-state index contributed by atoms with van der Waals surface area (Å²) < 4.78 is 0. The standard InChI is InChI=1S/C15H30N2/c1-3-10-16-14-8-9-15(12-14)17-11-6-4-5-7-13(17)2/h13-16H,3-12H2,1-2H3. The lowest BCUT2D eigenvalue weighted by atomic mass is 10.1. The summed E-state index contributed by atoms with van der Waals surface area (Å²) in [4.78, 5) is 2.82. The molecule has 0 bridgehead atoms. The second kappa shape index (κ2) is 6.75. The summed E-state index contributed by atoms with van der Waals surface area (Å²) >= 11 is 0. The molecule has 3 atom stereocenters. The van der Waals surface area contributed by atoms with Crippen molar-refractivity contribution in [2.24, 2.45) is 0 Å². The third-order valence-corrected chi connectivity index (χ3v) is 4.66. The Hall–Kier alpha value is -0.0800. The number of likely N-dealkylation sites (tertiary alicyclic amines) is 1. The highest BCUT2D eigenvalue weighted by Gasteiger charge is 2.31. The molecule has 3 unspecified atom stereocenters. The van der Waals surface area contributed by atoms with Crippen LogP contribution in [0.2, 0.25) is 0 Å². The van der Waals surface area contributed by atoms with Gasteiger partial charge in [-0.2, -0.15) is 0 Å². The van der Waals surface area contributed by atoms with E-state index in [0.717, 1.165) is 18.1 Å². The van der Waals surface area contributed by atoms with Gasteiger partial charge in [-0.1, -0.05) is 19.8 Å². The molecule has 100 valence electrons. The molecule has 1 aliphatic carbocycles. The molecular weight excluding hydrogens is 208 g/mol. The van der Waals surface area contributed by atoms with E-state index in [1.54, 1.807) is 0 Å². The van der Waals surface area contributed by atoms with Crippen LogP contribution in [-0.4, -0.2) is 36.1 Å². The van der Waals surface area contributed by atoms with Crippen LogP contribution < -0.4 is 5.32 Å². The highest BCUT2D eigenvalue weighted by molar-refractivity contribution is 4.89. The van der Waals surface area contributed by atoms with Crippen molar-refractivity contribution < 1.29 is 0 Å². The van der Waals surface area contributed by atoms with Crippen molar-refractivity contribution in [1.29, 1.82) is 0 Å². The summed E-state index contributed by atoms with van der Waals surface area (Å²) in [7, 11) is 0. The Morgan fingerprint density at radius 3 is 2.82 bits per heavy atom. The van der Waals surface area contributed by atoms with Gasteiger partial charge >= 0.3 is 0 Å². The van der Waals surface area contributed by atoms with Gasteiger partial charge in [-0.05, 0) is 58.5 Å². The molecule has 1 N–H and O–H groups in total. The fourth-order valence-corrected chi connectivity index (χ4v) is 3.63. The van der Waals surface area contributed by atoms with Gasteiger partial charge in [-0.15, -0.1) is 0 Å². The summed E-state index contributed by atoms with van der Waals surface area (Å²) in [6.45, 7) is 7.26. The zero-order valence-electron chi connectivity index (χ0n) is 11.8. The topological polar surface area (TPSA) is 15.3 Å². The van der Waals surface area contributed by atoms with Crippen LogP contribution in [0.1, 0.15) is 65.2 Å². The number of rotatable bonds is 4. The number of nitrogens with one attached hydrogen (secondary N) is 1. The summed E-state index contributed by atoms with van der Waals surface area (Å²) in [5, 5.41) is 3.70. The molecule has 1 saturated carbocycles. The van der Waals surface area contributed by atoms with E-state index < -0.39 is 0 Å². The van der Waals surface area contributed by atoms with Crippen molar-refractivity contribution in [2.75, 3.05) is 13.1 Å². The van der Waals surface area contributed by atoms with Crippen molar-refractivity contribution in [2.45, 2.75) is 83.3 Å². The number of hydrogen-bond acceptors (Lipinski definition) is 2. The molecule has 17 heavy (non-hydrogen) atoms. The summed E-state index contributed by atoms with van der Waals surface area (Å²) in [6, 6.07) is 2.50. The van der Waals surface area contributed by atoms with Gasteiger partial charge in [0, 0.05) is 18.1 Å². The van der Waals surface area contributed by atoms with Gasteiger partial charge in [0.05, 0.1) is 0 Å². The predicted octanol–water partition coefficient (Wildman–Crippen LogP) is 3.17. The van der Waals surface area contributed by atoms with Gasteiger partial charge < -0.3 is 5.32 Å². The van der Waals surface area contributed by atoms with E-state index in [-0.39, 0.29) is 0 Å². The maximum atomic E-state index is 3.70. The number of hydrogen-bond donors (Lipinski definition) is 1. The first kappa shape index (κ1) is 13.4. The van der Waals surface area contributed by atoms with Crippen molar-refractivity contribution in [3.05, 3.63) is 0 Å². The predicted molar refractivity (Wildman–Crippen MR) is 74.4 cm³/mol. The maximum Gasteiger partial charge on any atom is 0.0113 e. The fraction of sp³-hybridized carbons (Fsp3) is 1.00. The third kappa shape index (κ3) is 3.69. The Morgan fingerprint density at radius 2 is 2.00 bits per heavy atom. The Morgan fingerprint density at radius 1 is 1.12 bits per heavy atom. The lowest BCUT2D eigenvalue weighted by Crippen LogP contribution is -2.41. The normalized spacial score (nSPS) is 36.0. The van der Waals surface area contributed by atoms with E-state index in [4.69, 9.17) is 0 Å². The summed E-state index contributed by atoms with van der Waals surface area (Å²) in [5.41, 5.74) is 0. The minimum Gasteiger partial charge on any atom is -0.314 e. The SMILES string of the molecule is CCCNC1CCC(N2CCCCCC2C)C1. The van der Waals surface area contributed by atoms with Gasteiger partial charge in [0.15, 0.2) is 0 Å². The maximum absolute atomic E-state index is 3.70. The smallest absolute Gasteiger partial charge is 0.0113 e. The van der Waals surface area contributed by atoms with E-state index in [0.29, 0.717) is 0 Å². The van der Waals surface area contributed by atoms with E-state index in [9.17, 15) is 0 Å². The van der Waals surface area contributed by atoms with Crippen molar-refractivity contribution in [1.82, 2.24) is 10.2 Å². The Bertz CT molecular complexity index is 217. The van der Waals surface area contributed by atoms with Crippen LogP contribution in [0.5, 0.6) is 0 Å². The van der Waals surface area contributed by atoms with Crippen LogP contribution in [-0.2, 0) is 0 Å². The molecule has 1 aliphatic heterocycles. The van der Waals surface area contributed by atoms with E-state index in [1.807, 2.05) is 0 Å². The summed E-state index contributed by atoms with van der Waals surface area (Å²) in [6.07, 6.45) is 11.2. The van der Waals surface area contributed by atoms with E-state index in [2.05, 4.69) is 24.1 Å². The first-order chi connectivity index (χ1) is 8.31. The molecule has 0 spiro atoms. The Labute approximate surface area is 107 Å². The molecule has 2 rings (SSSR count). The molecular formula is C15H30N2. The lowest BCUT2D eigenvalue weighted by molar-refractivity contribution is 0.147. The highest BCUT2D eigenvalue weighted by Crippen LogP contribution is 2.29. The molecule has 0 amide bonds. The van der Waals surface area contributed by atoms with Gasteiger partial charge in [0.2, 0.25) is 0 Å². The third-order valence-electron chi connectivity index (χ3n) is 4.66. The van der Waals surface area contributed by atoms with Crippen LogP contribution >= 0.6 is 0 Å². The van der Waals surface area contributed by atoms with E-state index in [1.165, 1.54) is 64.5 Å². The highest BCUT2D eigenvalue weighted by atomic mass is 15.2. The fourth-order valence-electron chi connectivity index (χ4n) is 3.63. The zero-order valence-corrected chi connectivity index (χ0v) is 11.8. The average Bonchev–Trinajstić information content (AvgIpc) is 2.69. The number of nitrogens with zero attached hydrogens (tertiary/aromatic N) is 1. The van der Waals surface area contributed by atoms with Crippen LogP contribution in [0.4, 0.5) is 0 Å². The minimum absolute atomic E-state index is 0.801. The molecule has 1 saturated heterocycles. The second-order valence-corrected chi connectivity index (χ2v) is 6.05. The van der Waals surface area contributed by atoms with Crippen LogP contribution in [0, 0.1) is 0 Å². The van der Waals surface area contributed by atoms with Crippen LogP contribution in [0.25, 0.3) is 0 Å². The second-order valence-electron chi connectivity index (χ2n) is 6.05. The monoisotopic (exact) mass is 238 g/mol. The van der Waals surface area contributed by atoms with Crippen molar-refractivity contribution >= 4 is 0 Å². The molecule has 1 heterocycles. The molecule has 0 aromatic rings. The van der Waals surface area contributed by atoms with Crippen molar-refractivity contribution in [3.63, 3.8) is 0 Å². The Balaban J connectivity index is 1.81. The van der Waals surface area contributed by atoms with Gasteiger partial charge in [-0.25, -0.2) is 0 Å². The van der Waals surface area contributed by atoms with Crippen LogP contribution in [0.15, 0.2) is 0 Å². The summed E-state index contributed by atoms with van der Waals surface area (Å²) in [5.74, 6) is 0.